The van der Waals surface area contributed by atoms with Crippen molar-refractivity contribution in [2.24, 2.45) is 0 Å². The molecule has 5 nitrogen and oxygen atoms in total. The van der Waals surface area contributed by atoms with Crippen molar-refractivity contribution in [2.75, 3.05) is 7.05 Å². The van der Waals surface area contributed by atoms with Crippen molar-refractivity contribution in [3.05, 3.63) is 51.0 Å². The summed E-state index contributed by atoms with van der Waals surface area (Å²) in [5.41, 5.74) is 2.35. The number of hydrogen-bond acceptors (Lipinski definition) is 5. The van der Waals surface area contributed by atoms with Gasteiger partial charge in [-0.3, -0.25) is 4.79 Å². The lowest BCUT2D eigenvalue weighted by Gasteiger charge is -2.30. The molecule has 0 unspecified atom stereocenters. The number of amides is 1. The molecule has 126 valence electrons. The van der Waals surface area contributed by atoms with E-state index in [-0.39, 0.29) is 11.9 Å². The Hall–Kier alpha value is -2.21. The van der Waals surface area contributed by atoms with Gasteiger partial charge in [0.1, 0.15) is 0 Å². The number of benzene rings is 1. The van der Waals surface area contributed by atoms with Crippen LogP contribution in [0.25, 0.3) is 0 Å². The van der Waals surface area contributed by atoms with Crippen LogP contribution in [0.5, 0.6) is 0 Å². The Morgan fingerprint density at radius 3 is 2.75 bits per heavy atom. The van der Waals surface area contributed by atoms with E-state index in [1.165, 1.54) is 0 Å². The number of hydrogen-bond donors (Lipinski definition) is 0. The predicted molar refractivity (Wildman–Crippen MR) is 92.1 cm³/mol. The molecule has 3 rings (SSSR count). The lowest BCUT2D eigenvalue weighted by Crippen LogP contribution is -2.43. The summed E-state index contributed by atoms with van der Waals surface area (Å²) in [6.07, 6.45) is -0.354. The number of thiazole rings is 1. The molecular formula is C18H20N2O3S. The van der Waals surface area contributed by atoms with Gasteiger partial charge in [-0.25, -0.2) is 9.78 Å². The molecule has 0 saturated heterocycles. The summed E-state index contributed by atoms with van der Waals surface area (Å²) in [5, 5.41) is 0.980. The maximum absolute atomic E-state index is 12.8. The highest BCUT2D eigenvalue weighted by Gasteiger charge is 2.34. The molecule has 1 aromatic carbocycles. The van der Waals surface area contributed by atoms with Gasteiger partial charge in [0, 0.05) is 18.3 Å². The zero-order chi connectivity index (χ0) is 17.4. The van der Waals surface area contributed by atoms with Crippen molar-refractivity contribution in [3.8, 4) is 0 Å². The number of carbonyl (C=O) groups excluding carboxylic acids is 2. The molecule has 2 atom stereocenters. The van der Waals surface area contributed by atoms with Crippen molar-refractivity contribution in [1.29, 1.82) is 0 Å². The number of fused-ring (bicyclic) bond motifs is 1. The average Bonchev–Trinajstić information content (AvgIpc) is 2.91. The van der Waals surface area contributed by atoms with Gasteiger partial charge in [0.2, 0.25) is 0 Å². The normalized spacial score (nSPS) is 17.8. The van der Waals surface area contributed by atoms with Gasteiger partial charge in [0.05, 0.1) is 22.3 Å². The topological polar surface area (TPSA) is 59.5 Å². The Kier molecular flexibility index (Phi) is 4.41. The summed E-state index contributed by atoms with van der Waals surface area (Å²) in [4.78, 5) is 32.1. The number of carbonyl (C=O) groups is 2. The van der Waals surface area contributed by atoms with E-state index in [1.54, 1.807) is 35.4 Å². The third-order valence-electron chi connectivity index (χ3n) is 4.41. The second-order valence-corrected chi connectivity index (χ2v) is 7.30. The fraction of sp³-hybridized carbons (Fsp3) is 0.389. The minimum Gasteiger partial charge on any atom is -0.448 e. The van der Waals surface area contributed by atoms with Gasteiger partial charge < -0.3 is 9.64 Å². The molecule has 24 heavy (non-hydrogen) atoms. The van der Waals surface area contributed by atoms with Crippen molar-refractivity contribution >= 4 is 23.2 Å². The monoisotopic (exact) mass is 344 g/mol. The van der Waals surface area contributed by atoms with Gasteiger partial charge >= 0.3 is 5.97 Å². The van der Waals surface area contributed by atoms with Crippen molar-refractivity contribution in [3.63, 3.8) is 0 Å². The molecule has 0 spiro atoms. The Bertz CT molecular complexity index is 799. The lowest BCUT2D eigenvalue weighted by molar-refractivity contribution is -0.141. The van der Waals surface area contributed by atoms with Crippen LogP contribution in [0.2, 0.25) is 0 Å². The second kappa shape index (κ2) is 6.36. The SMILES string of the molecule is Cc1nc(C)c([C@@H](C)N(C)C(=O)[C@H]2Cc3ccccc3C(=O)O2)s1. The maximum atomic E-state index is 12.8. The van der Waals surface area contributed by atoms with Crippen LogP contribution in [-0.4, -0.2) is 34.9 Å². The smallest absolute Gasteiger partial charge is 0.339 e. The highest BCUT2D eigenvalue weighted by molar-refractivity contribution is 7.11. The van der Waals surface area contributed by atoms with Gasteiger partial charge in [-0.05, 0) is 32.4 Å². The maximum Gasteiger partial charge on any atom is 0.339 e. The molecule has 2 aromatic rings. The lowest BCUT2D eigenvalue weighted by atomic mass is 9.98. The Labute approximate surface area is 145 Å². The van der Waals surface area contributed by atoms with E-state index in [4.69, 9.17) is 4.74 Å². The summed E-state index contributed by atoms with van der Waals surface area (Å²) in [7, 11) is 1.75. The number of rotatable bonds is 3. The zero-order valence-corrected chi connectivity index (χ0v) is 15.0. The Morgan fingerprint density at radius 1 is 1.38 bits per heavy atom. The largest absolute Gasteiger partial charge is 0.448 e. The zero-order valence-electron chi connectivity index (χ0n) is 14.2. The number of nitrogens with zero attached hydrogens (tertiary/aromatic N) is 2. The van der Waals surface area contributed by atoms with Crippen LogP contribution in [0.1, 0.15) is 44.5 Å². The first kappa shape index (κ1) is 16.6. The fourth-order valence-corrected chi connectivity index (χ4v) is 4.02. The van der Waals surface area contributed by atoms with E-state index >= 15 is 0 Å². The van der Waals surface area contributed by atoms with E-state index in [1.807, 2.05) is 32.9 Å². The molecule has 1 aliphatic heterocycles. The number of esters is 1. The standard InChI is InChI=1S/C18H20N2O3S/c1-10-16(24-12(3)19-10)11(2)20(4)17(21)15-9-13-7-5-6-8-14(13)18(22)23-15/h5-8,11,15H,9H2,1-4H3/t11-,15-/m1/s1. The minimum absolute atomic E-state index is 0.112. The number of aryl methyl sites for hydroxylation is 2. The number of cyclic esters (lactones) is 1. The van der Waals surface area contributed by atoms with Crippen LogP contribution in [0.15, 0.2) is 24.3 Å². The molecule has 0 radical (unpaired) electrons. The molecule has 0 aliphatic carbocycles. The molecule has 2 heterocycles. The molecule has 1 aliphatic rings. The third kappa shape index (κ3) is 2.94. The Morgan fingerprint density at radius 2 is 2.08 bits per heavy atom. The molecule has 6 heteroatoms. The number of likely N-dealkylation sites (N-methyl/N-ethyl adjacent to an activating group) is 1. The summed E-state index contributed by atoms with van der Waals surface area (Å²) in [6.45, 7) is 5.87. The predicted octanol–water partition coefficient (Wildman–Crippen LogP) is 3.06. The van der Waals surface area contributed by atoms with Crippen LogP contribution in [-0.2, 0) is 16.0 Å². The van der Waals surface area contributed by atoms with Crippen molar-refractivity contribution in [1.82, 2.24) is 9.88 Å². The second-order valence-electron chi connectivity index (χ2n) is 6.06. The van der Waals surface area contributed by atoms with Crippen LogP contribution in [0.4, 0.5) is 0 Å². The minimum atomic E-state index is -0.769. The molecule has 1 amide bonds. The molecule has 0 saturated carbocycles. The summed E-state index contributed by atoms with van der Waals surface area (Å²) in [6, 6.07) is 7.16. The van der Waals surface area contributed by atoms with Crippen LogP contribution < -0.4 is 0 Å². The van der Waals surface area contributed by atoms with E-state index in [0.717, 1.165) is 21.1 Å². The van der Waals surface area contributed by atoms with Gasteiger partial charge in [0.25, 0.3) is 5.91 Å². The highest BCUT2D eigenvalue weighted by Crippen LogP contribution is 2.30. The van der Waals surface area contributed by atoms with E-state index in [9.17, 15) is 9.59 Å². The highest BCUT2D eigenvalue weighted by atomic mass is 32.1. The molecule has 0 fully saturated rings. The van der Waals surface area contributed by atoms with Crippen molar-refractivity contribution in [2.45, 2.75) is 39.3 Å². The molecule has 1 aromatic heterocycles. The van der Waals surface area contributed by atoms with Crippen molar-refractivity contribution < 1.29 is 14.3 Å². The van der Waals surface area contributed by atoms with E-state index in [0.29, 0.717) is 12.0 Å². The molecule has 0 bridgehead atoms. The van der Waals surface area contributed by atoms with Crippen LogP contribution >= 0.6 is 11.3 Å². The first-order chi connectivity index (χ1) is 11.4. The van der Waals surface area contributed by atoms with Gasteiger partial charge in [0.15, 0.2) is 6.10 Å². The first-order valence-corrected chi connectivity index (χ1v) is 8.69. The van der Waals surface area contributed by atoms with Gasteiger partial charge in [-0.1, -0.05) is 18.2 Å². The fourth-order valence-electron chi connectivity index (χ4n) is 3.00. The first-order valence-electron chi connectivity index (χ1n) is 7.88. The number of ether oxygens (including phenoxy) is 1. The summed E-state index contributed by atoms with van der Waals surface area (Å²) >= 11 is 1.59. The third-order valence-corrected chi connectivity index (χ3v) is 5.66. The van der Waals surface area contributed by atoms with Gasteiger partial charge in [-0.2, -0.15) is 0 Å². The molecule has 0 N–H and O–H groups in total. The summed E-state index contributed by atoms with van der Waals surface area (Å²) in [5.74, 6) is -0.614. The molecular weight excluding hydrogens is 324 g/mol. The summed E-state index contributed by atoms with van der Waals surface area (Å²) < 4.78 is 5.37. The van der Waals surface area contributed by atoms with Gasteiger partial charge in [-0.15, -0.1) is 11.3 Å². The van der Waals surface area contributed by atoms with E-state index < -0.39 is 12.1 Å². The van der Waals surface area contributed by atoms with Crippen LogP contribution in [0.3, 0.4) is 0 Å². The van der Waals surface area contributed by atoms with Crippen LogP contribution in [0, 0.1) is 13.8 Å². The average molecular weight is 344 g/mol. The van der Waals surface area contributed by atoms with E-state index in [2.05, 4.69) is 4.98 Å². The Balaban J connectivity index is 1.79. The quantitative estimate of drug-likeness (QED) is 0.803. The number of aromatic nitrogens is 1.